The normalized spacial score (nSPS) is 18.6. The lowest BCUT2D eigenvalue weighted by Gasteiger charge is -2.39. The van der Waals surface area contributed by atoms with Gasteiger partial charge < -0.3 is 15.0 Å². The summed E-state index contributed by atoms with van der Waals surface area (Å²) in [6.45, 7) is 7.35. The van der Waals surface area contributed by atoms with Crippen LogP contribution in [0.25, 0.3) is 0 Å². The van der Waals surface area contributed by atoms with E-state index in [0.29, 0.717) is 26.1 Å². The van der Waals surface area contributed by atoms with E-state index >= 15 is 0 Å². The molecule has 1 heterocycles. The SMILES string of the molecule is CCOC(=O)N1CCC(C)(NC(=O)CC)CC1. The van der Waals surface area contributed by atoms with E-state index in [1.54, 1.807) is 11.8 Å². The summed E-state index contributed by atoms with van der Waals surface area (Å²) in [7, 11) is 0. The Balaban J connectivity index is 2.44. The van der Waals surface area contributed by atoms with Gasteiger partial charge in [-0.1, -0.05) is 6.92 Å². The van der Waals surface area contributed by atoms with E-state index in [0.717, 1.165) is 12.8 Å². The summed E-state index contributed by atoms with van der Waals surface area (Å²) >= 11 is 0. The first-order valence-corrected chi connectivity index (χ1v) is 6.23. The number of hydrogen-bond donors (Lipinski definition) is 1. The first kappa shape index (κ1) is 13.8. The zero-order valence-electron chi connectivity index (χ0n) is 10.9. The quantitative estimate of drug-likeness (QED) is 0.816. The second-order valence-electron chi connectivity index (χ2n) is 4.65. The standard InChI is InChI=1S/C12H22N2O3/c1-4-10(15)13-12(3)6-8-14(9-7-12)11(16)17-5-2/h4-9H2,1-3H3,(H,13,15). The predicted molar refractivity (Wildman–Crippen MR) is 64.7 cm³/mol. The van der Waals surface area contributed by atoms with Crippen molar-refractivity contribution in [1.82, 2.24) is 10.2 Å². The molecule has 17 heavy (non-hydrogen) atoms. The van der Waals surface area contributed by atoms with Crippen molar-refractivity contribution in [2.75, 3.05) is 19.7 Å². The van der Waals surface area contributed by atoms with Gasteiger partial charge in [0.25, 0.3) is 0 Å². The second kappa shape index (κ2) is 5.89. The maximum Gasteiger partial charge on any atom is 0.409 e. The molecule has 5 heteroatoms. The number of carbonyl (C=O) groups excluding carboxylic acids is 2. The van der Waals surface area contributed by atoms with Gasteiger partial charge in [0, 0.05) is 25.0 Å². The van der Waals surface area contributed by atoms with E-state index in [2.05, 4.69) is 5.32 Å². The van der Waals surface area contributed by atoms with Gasteiger partial charge >= 0.3 is 6.09 Å². The van der Waals surface area contributed by atoms with Gasteiger partial charge in [-0.15, -0.1) is 0 Å². The Hall–Kier alpha value is -1.26. The number of piperidine rings is 1. The van der Waals surface area contributed by atoms with E-state index in [9.17, 15) is 9.59 Å². The highest BCUT2D eigenvalue weighted by Crippen LogP contribution is 2.22. The monoisotopic (exact) mass is 242 g/mol. The molecule has 2 amide bonds. The molecule has 0 aromatic rings. The highest BCUT2D eigenvalue weighted by atomic mass is 16.6. The summed E-state index contributed by atoms with van der Waals surface area (Å²) in [5.41, 5.74) is -0.184. The summed E-state index contributed by atoms with van der Waals surface area (Å²) < 4.78 is 4.95. The van der Waals surface area contributed by atoms with Crippen LogP contribution in [0.3, 0.4) is 0 Å². The van der Waals surface area contributed by atoms with E-state index in [-0.39, 0.29) is 17.5 Å². The molecule has 1 aliphatic heterocycles. The average Bonchev–Trinajstić information content (AvgIpc) is 2.29. The molecule has 1 fully saturated rings. The molecular weight excluding hydrogens is 220 g/mol. The Morgan fingerprint density at radius 3 is 2.35 bits per heavy atom. The van der Waals surface area contributed by atoms with Crippen LogP contribution in [-0.2, 0) is 9.53 Å². The van der Waals surface area contributed by atoms with Crippen molar-refractivity contribution in [3.8, 4) is 0 Å². The number of rotatable bonds is 3. The van der Waals surface area contributed by atoms with Gasteiger partial charge in [0.05, 0.1) is 6.61 Å². The van der Waals surface area contributed by atoms with E-state index < -0.39 is 0 Å². The summed E-state index contributed by atoms with van der Waals surface area (Å²) in [5, 5.41) is 3.02. The van der Waals surface area contributed by atoms with Crippen molar-refractivity contribution in [2.24, 2.45) is 0 Å². The molecule has 0 spiro atoms. The first-order valence-electron chi connectivity index (χ1n) is 6.23. The molecule has 0 saturated carbocycles. The maximum absolute atomic E-state index is 11.5. The maximum atomic E-state index is 11.5. The number of amides is 2. The summed E-state index contributed by atoms with van der Waals surface area (Å²) in [6.07, 6.45) is 1.79. The summed E-state index contributed by atoms with van der Waals surface area (Å²) in [5.74, 6) is 0.0667. The molecule has 0 radical (unpaired) electrons. The van der Waals surface area contributed by atoms with Gasteiger partial charge in [-0.3, -0.25) is 4.79 Å². The molecule has 1 aliphatic rings. The van der Waals surface area contributed by atoms with Crippen LogP contribution in [0.5, 0.6) is 0 Å². The third-order valence-electron chi connectivity index (χ3n) is 3.16. The molecule has 1 saturated heterocycles. The van der Waals surface area contributed by atoms with Crippen molar-refractivity contribution in [1.29, 1.82) is 0 Å². The summed E-state index contributed by atoms with van der Waals surface area (Å²) in [6, 6.07) is 0. The number of carbonyl (C=O) groups is 2. The zero-order valence-corrected chi connectivity index (χ0v) is 10.9. The highest BCUT2D eigenvalue weighted by molar-refractivity contribution is 5.76. The van der Waals surface area contributed by atoms with Crippen molar-refractivity contribution in [3.63, 3.8) is 0 Å². The number of hydrogen-bond acceptors (Lipinski definition) is 3. The smallest absolute Gasteiger partial charge is 0.409 e. The van der Waals surface area contributed by atoms with E-state index in [1.165, 1.54) is 0 Å². The topological polar surface area (TPSA) is 58.6 Å². The number of nitrogens with zero attached hydrogens (tertiary/aromatic N) is 1. The lowest BCUT2D eigenvalue weighted by atomic mass is 9.89. The van der Waals surface area contributed by atoms with Crippen molar-refractivity contribution < 1.29 is 14.3 Å². The van der Waals surface area contributed by atoms with Crippen LogP contribution in [0, 0.1) is 0 Å². The Labute approximate surface area is 102 Å². The molecule has 0 aliphatic carbocycles. The fraction of sp³-hybridized carbons (Fsp3) is 0.833. The van der Waals surface area contributed by atoms with Gasteiger partial charge in [-0.25, -0.2) is 4.79 Å². The van der Waals surface area contributed by atoms with Gasteiger partial charge in [-0.05, 0) is 26.7 Å². The van der Waals surface area contributed by atoms with Crippen LogP contribution in [0.4, 0.5) is 4.79 Å². The molecule has 0 atom stereocenters. The molecule has 0 bridgehead atoms. The molecule has 5 nitrogen and oxygen atoms in total. The Kier molecular flexibility index (Phi) is 4.78. The van der Waals surface area contributed by atoms with E-state index in [1.807, 2.05) is 13.8 Å². The Morgan fingerprint density at radius 1 is 1.29 bits per heavy atom. The average molecular weight is 242 g/mol. The lowest BCUT2D eigenvalue weighted by Crippen LogP contribution is -2.54. The first-order chi connectivity index (χ1) is 8.00. The molecule has 0 aromatic heterocycles. The van der Waals surface area contributed by atoms with Crippen LogP contribution in [-0.4, -0.2) is 42.1 Å². The highest BCUT2D eigenvalue weighted by Gasteiger charge is 2.33. The molecule has 98 valence electrons. The third-order valence-corrected chi connectivity index (χ3v) is 3.16. The third kappa shape index (κ3) is 3.91. The number of nitrogens with one attached hydrogen (secondary N) is 1. The largest absolute Gasteiger partial charge is 0.450 e. The zero-order chi connectivity index (χ0) is 12.9. The van der Waals surface area contributed by atoms with Gasteiger partial charge in [0.1, 0.15) is 0 Å². The molecule has 0 unspecified atom stereocenters. The van der Waals surface area contributed by atoms with Gasteiger partial charge in [0.2, 0.25) is 5.91 Å². The minimum atomic E-state index is -0.253. The van der Waals surface area contributed by atoms with Crippen LogP contribution in [0.2, 0.25) is 0 Å². The Morgan fingerprint density at radius 2 is 1.88 bits per heavy atom. The van der Waals surface area contributed by atoms with E-state index in [4.69, 9.17) is 4.74 Å². The van der Waals surface area contributed by atoms with Crippen molar-refractivity contribution in [2.45, 2.75) is 45.6 Å². The van der Waals surface area contributed by atoms with Crippen molar-refractivity contribution in [3.05, 3.63) is 0 Å². The van der Waals surface area contributed by atoms with Gasteiger partial charge in [-0.2, -0.15) is 0 Å². The lowest BCUT2D eigenvalue weighted by molar-refractivity contribution is -0.123. The van der Waals surface area contributed by atoms with Crippen molar-refractivity contribution >= 4 is 12.0 Å². The second-order valence-corrected chi connectivity index (χ2v) is 4.65. The minimum Gasteiger partial charge on any atom is -0.450 e. The summed E-state index contributed by atoms with van der Waals surface area (Å²) in [4.78, 5) is 24.6. The van der Waals surface area contributed by atoms with Crippen LogP contribution in [0.1, 0.15) is 40.0 Å². The molecular formula is C12H22N2O3. The minimum absolute atomic E-state index is 0.0667. The molecule has 1 rings (SSSR count). The van der Waals surface area contributed by atoms with Gasteiger partial charge in [0.15, 0.2) is 0 Å². The van der Waals surface area contributed by atoms with Crippen LogP contribution < -0.4 is 5.32 Å². The molecule has 0 aromatic carbocycles. The predicted octanol–water partition coefficient (Wildman–Crippen LogP) is 1.52. The fourth-order valence-corrected chi connectivity index (χ4v) is 1.95. The fourth-order valence-electron chi connectivity index (χ4n) is 1.95. The number of likely N-dealkylation sites (tertiary alicyclic amines) is 1. The Bertz CT molecular complexity index is 283. The van der Waals surface area contributed by atoms with Crippen LogP contribution in [0.15, 0.2) is 0 Å². The molecule has 1 N–H and O–H groups in total. The van der Waals surface area contributed by atoms with Crippen LogP contribution >= 0.6 is 0 Å². The number of ether oxygens (including phenoxy) is 1.